The third kappa shape index (κ3) is 5.26. The van der Waals surface area contributed by atoms with Gasteiger partial charge in [-0.3, -0.25) is 4.79 Å². The number of benzene rings is 1. The van der Waals surface area contributed by atoms with Gasteiger partial charge in [-0.25, -0.2) is 0 Å². The van der Waals surface area contributed by atoms with Gasteiger partial charge < -0.3 is 15.8 Å². The Balaban J connectivity index is 2.73. The molecule has 1 atom stereocenters. The number of rotatable bonds is 6. The summed E-state index contributed by atoms with van der Waals surface area (Å²) in [6.07, 6.45) is 1.11. The first-order chi connectivity index (χ1) is 8.93. The summed E-state index contributed by atoms with van der Waals surface area (Å²) in [5, 5.41) is 2.82. The van der Waals surface area contributed by atoms with Gasteiger partial charge >= 0.3 is 0 Å². The highest BCUT2D eigenvalue weighted by molar-refractivity contribution is 9.10. The van der Waals surface area contributed by atoms with Crippen LogP contribution < -0.4 is 11.1 Å². The first kappa shape index (κ1) is 16.1. The SMILES string of the molecule is COC(C)CCC(=O)Nc1cc(Br)ccc1C(N)=S. The zero-order valence-electron chi connectivity index (χ0n) is 10.9. The Bertz CT molecular complexity index is 480. The van der Waals surface area contributed by atoms with E-state index in [-0.39, 0.29) is 17.0 Å². The number of ether oxygens (including phenoxy) is 1. The van der Waals surface area contributed by atoms with Crippen LogP contribution in [0, 0.1) is 0 Å². The molecular weight excluding hydrogens is 328 g/mol. The molecule has 1 amide bonds. The van der Waals surface area contributed by atoms with E-state index in [0.717, 1.165) is 4.47 Å². The van der Waals surface area contributed by atoms with Crippen LogP contribution >= 0.6 is 28.1 Å². The second-order valence-electron chi connectivity index (χ2n) is 4.19. The number of methoxy groups -OCH3 is 1. The van der Waals surface area contributed by atoms with Crippen molar-refractivity contribution in [3.63, 3.8) is 0 Å². The monoisotopic (exact) mass is 344 g/mol. The van der Waals surface area contributed by atoms with Gasteiger partial charge in [-0.1, -0.05) is 28.1 Å². The Morgan fingerprint density at radius 3 is 2.84 bits per heavy atom. The van der Waals surface area contributed by atoms with E-state index in [2.05, 4.69) is 21.2 Å². The number of nitrogens with one attached hydrogen (secondary N) is 1. The molecule has 0 aliphatic heterocycles. The fraction of sp³-hybridized carbons (Fsp3) is 0.385. The minimum atomic E-state index is -0.0838. The average molecular weight is 345 g/mol. The maximum absolute atomic E-state index is 11.9. The predicted octanol–water partition coefficient (Wildman–Crippen LogP) is 2.84. The zero-order valence-corrected chi connectivity index (χ0v) is 13.3. The third-order valence-corrected chi connectivity index (χ3v) is 3.41. The molecule has 1 unspecified atom stereocenters. The summed E-state index contributed by atoms with van der Waals surface area (Å²) in [4.78, 5) is 12.1. The van der Waals surface area contributed by atoms with Crippen LogP contribution in [0.25, 0.3) is 0 Å². The van der Waals surface area contributed by atoms with E-state index < -0.39 is 0 Å². The Kier molecular flexibility index (Phi) is 6.41. The minimum Gasteiger partial charge on any atom is -0.389 e. The topological polar surface area (TPSA) is 64.3 Å². The van der Waals surface area contributed by atoms with Gasteiger partial charge in [0.2, 0.25) is 5.91 Å². The summed E-state index contributed by atoms with van der Waals surface area (Å²) in [6, 6.07) is 5.39. The van der Waals surface area contributed by atoms with E-state index >= 15 is 0 Å². The number of amides is 1. The normalized spacial score (nSPS) is 11.9. The molecule has 1 aromatic carbocycles. The minimum absolute atomic E-state index is 0.0586. The first-order valence-electron chi connectivity index (χ1n) is 5.86. The van der Waals surface area contributed by atoms with E-state index in [1.807, 2.05) is 13.0 Å². The van der Waals surface area contributed by atoms with Gasteiger partial charge in [0.05, 0.1) is 11.8 Å². The van der Waals surface area contributed by atoms with E-state index in [4.69, 9.17) is 22.7 Å². The van der Waals surface area contributed by atoms with Gasteiger partial charge in [0.25, 0.3) is 0 Å². The lowest BCUT2D eigenvalue weighted by atomic mass is 10.1. The summed E-state index contributed by atoms with van der Waals surface area (Å²) < 4.78 is 5.96. The Morgan fingerprint density at radius 2 is 2.26 bits per heavy atom. The molecule has 0 bridgehead atoms. The molecule has 0 saturated heterocycles. The van der Waals surface area contributed by atoms with E-state index in [0.29, 0.717) is 24.1 Å². The molecule has 3 N–H and O–H groups in total. The summed E-state index contributed by atoms with van der Waals surface area (Å²) in [6.45, 7) is 1.92. The van der Waals surface area contributed by atoms with Gasteiger partial charge in [0, 0.05) is 23.6 Å². The molecule has 0 heterocycles. The van der Waals surface area contributed by atoms with Crippen molar-refractivity contribution in [3.8, 4) is 0 Å². The standard InChI is InChI=1S/C13H17BrN2O2S/c1-8(18-2)3-6-12(17)16-11-7-9(14)4-5-10(11)13(15)19/h4-5,7-8H,3,6H2,1-2H3,(H2,15,19)(H,16,17). The molecule has 104 valence electrons. The van der Waals surface area contributed by atoms with Crippen LogP contribution in [0.3, 0.4) is 0 Å². The molecule has 0 aliphatic rings. The van der Waals surface area contributed by atoms with Crippen molar-refractivity contribution < 1.29 is 9.53 Å². The molecule has 0 aromatic heterocycles. The van der Waals surface area contributed by atoms with Crippen LogP contribution in [-0.2, 0) is 9.53 Å². The summed E-state index contributed by atoms with van der Waals surface area (Å²) in [7, 11) is 1.63. The fourth-order valence-corrected chi connectivity index (χ4v) is 2.04. The van der Waals surface area contributed by atoms with Gasteiger partial charge in [-0.2, -0.15) is 0 Å². The number of carbonyl (C=O) groups excluding carboxylic acids is 1. The molecule has 0 aliphatic carbocycles. The molecular formula is C13H17BrN2O2S. The van der Waals surface area contributed by atoms with Crippen molar-refractivity contribution >= 4 is 44.7 Å². The third-order valence-electron chi connectivity index (χ3n) is 2.70. The number of carbonyl (C=O) groups is 1. The second kappa shape index (κ2) is 7.57. The molecule has 0 spiro atoms. The van der Waals surface area contributed by atoms with Crippen LogP contribution in [0.15, 0.2) is 22.7 Å². The first-order valence-corrected chi connectivity index (χ1v) is 7.06. The maximum atomic E-state index is 11.9. The fourth-order valence-electron chi connectivity index (χ4n) is 1.50. The number of nitrogens with two attached hydrogens (primary N) is 1. The van der Waals surface area contributed by atoms with Crippen molar-refractivity contribution in [2.45, 2.75) is 25.9 Å². The molecule has 0 radical (unpaired) electrons. The molecule has 19 heavy (non-hydrogen) atoms. The van der Waals surface area contributed by atoms with E-state index in [1.54, 1.807) is 19.2 Å². The average Bonchev–Trinajstić information content (AvgIpc) is 2.35. The highest BCUT2D eigenvalue weighted by atomic mass is 79.9. The molecule has 1 rings (SSSR count). The van der Waals surface area contributed by atoms with E-state index in [1.165, 1.54) is 0 Å². The smallest absolute Gasteiger partial charge is 0.224 e. The van der Waals surface area contributed by atoms with Crippen LogP contribution in [0.5, 0.6) is 0 Å². The highest BCUT2D eigenvalue weighted by Gasteiger charge is 2.10. The zero-order chi connectivity index (χ0) is 14.4. The Labute approximate surface area is 126 Å². The summed E-state index contributed by atoms with van der Waals surface area (Å²) >= 11 is 8.32. The quantitative estimate of drug-likeness (QED) is 0.779. The predicted molar refractivity (Wildman–Crippen MR) is 84.4 cm³/mol. The van der Waals surface area contributed by atoms with Gasteiger partial charge in [0.1, 0.15) is 4.99 Å². The van der Waals surface area contributed by atoms with Crippen molar-refractivity contribution in [2.24, 2.45) is 5.73 Å². The van der Waals surface area contributed by atoms with Gasteiger partial charge in [-0.05, 0) is 31.5 Å². The maximum Gasteiger partial charge on any atom is 0.224 e. The van der Waals surface area contributed by atoms with Crippen molar-refractivity contribution in [2.75, 3.05) is 12.4 Å². The molecule has 0 fully saturated rings. The molecule has 6 heteroatoms. The van der Waals surface area contributed by atoms with Crippen molar-refractivity contribution in [1.29, 1.82) is 0 Å². The van der Waals surface area contributed by atoms with Crippen LogP contribution in [-0.4, -0.2) is 24.1 Å². The number of hydrogen-bond acceptors (Lipinski definition) is 3. The number of thiocarbonyl (C=S) groups is 1. The lowest BCUT2D eigenvalue weighted by Crippen LogP contribution is -2.18. The second-order valence-corrected chi connectivity index (χ2v) is 5.54. The van der Waals surface area contributed by atoms with Gasteiger partial charge in [-0.15, -0.1) is 0 Å². The van der Waals surface area contributed by atoms with Gasteiger partial charge in [0.15, 0.2) is 0 Å². The largest absolute Gasteiger partial charge is 0.389 e. The lowest BCUT2D eigenvalue weighted by Gasteiger charge is -2.12. The van der Waals surface area contributed by atoms with Crippen LogP contribution in [0.4, 0.5) is 5.69 Å². The molecule has 4 nitrogen and oxygen atoms in total. The number of anilines is 1. The number of hydrogen-bond donors (Lipinski definition) is 2. The Morgan fingerprint density at radius 1 is 1.58 bits per heavy atom. The number of halogens is 1. The lowest BCUT2D eigenvalue weighted by molar-refractivity contribution is -0.116. The van der Waals surface area contributed by atoms with Crippen LogP contribution in [0.1, 0.15) is 25.3 Å². The van der Waals surface area contributed by atoms with Crippen molar-refractivity contribution in [1.82, 2.24) is 0 Å². The highest BCUT2D eigenvalue weighted by Crippen LogP contribution is 2.22. The van der Waals surface area contributed by atoms with Crippen molar-refractivity contribution in [3.05, 3.63) is 28.2 Å². The molecule has 1 aromatic rings. The summed E-state index contributed by atoms with van der Waals surface area (Å²) in [5.74, 6) is -0.0838. The molecule has 0 saturated carbocycles. The van der Waals surface area contributed by atoms with Crippen LogP contribution in [0.2, 0.25) is 0 Å². The Hall–Kier alpha value is -0.980. The summed E-state index contributed by atoms with van der Waals surface area (Å²) in [5.41, 5.74) is 6.91. The van der Waals surface area contributed by atoms with E-state index in [9.17, 15) is 4.79 Å².